The fraction of sp³-hybridized carbons (Fsp3) is 0.923. The third-order valence-corrected chi connectivity index (χ3v) is 4.58. The number of thioether (sulfide) groups is 1. The predicted octanol–water partition coefficient (Wildman–Crippen LogP) is 1.62. The zero-order valence-corrected chi connectivity index (χ0v) is 11.5. The summed E-state index contributed by atoms with van der Waals surface area (Å²) < 4.78 is 0. The summed E-state index contributed by atoms with van der Waals surface area (Å²) in [5.41, 5.74) is 5.85. The number of nitrogens with one attached hydrogen (secondary N) is 1. The number of carbonyl (C=O) groups excluding carboxylic acids is 1. The summed E-state index contributed by atoms with van der Waals surface area (Å²) in [5, 5.41) is 3.06. The lowest BCUT2D eigenvalue weighted by molar-refractivity contribution is -0.122. The highest BCUT2D eigenvalue weighted by Gasteiger charge is 2.41. The molecule has 98 valence electrons. The normalized spacial score (nSPS) is 21.6. The topological polar surface area (TPSA) is 55.1 Å². The van der Waals surface area contributed by atoms with E-state index in [4.69, 9.17) is 5.73 Å². The molecule has 0 aromatic heterocycles. The van der Waals surface area contributed by atoms with E-state index in [9.17, 15) is 4.79 Å². The minimum Gasteiger partial charge on any atom is -0.354 e. The molecule has 0 aromatic rings. The van der Waals surface area contributed by atoms with E-state index in [1.54, 1.807) is 11.8 Å². The molecule has 0 bridgehead atoms. The second kappa shape index (κ2) is 6.10. The molecule has 2 fully saturated rings. The molecule has 2 saturated carbocycles. The van der Waals surface area contributed by atoms with Crippen molar-refractivity contribution in [2.45, 2.75) is 38.1 Å². The van der Waals surface area contributed by atoms with Crippen LogP contribution in [0.2, 0.25) is 0 Å². The van der Waals surface area contributed by atoms with Crippen molar-refractivity contribution in [3.8, 4) is 0 Å². The fourth-order valence-electron chi connectivity index (χ4n) is 2.49. The second-order valence-corrected chi connectivity index (χ2v) is 6.46. The Kier molecular flexibility index (Phi) is 4.74. The molecular formula is C13H24N2OS. The van der Waals surface area contributed by atoms with Gasteiger partial charge < -0.3 is 11.1 Å². The molecule has 0 aromatic carbocycles. The summed E-state index contributed by atoms with van der Waals surface area (Å²) in [6.45, 7) is 0.862. The lowest BCUT2D eigenvalue weighted by atomic mass is 9.98. The molecule has 0 spiro atoms. The van der Waals surface area contributed by atoms with E-state index in [-0.39, 0.29) is 11.9 Å². The van der Waals surface area contributed by atoms with E-state index >= 15 is 0 Å². The Balaban J connectivity index is 1.67. The van der Waals surface area contributed by atoms with Gasteiger partial charge >= 0.3 is 0 Å². The SMILES string of the molecule is CSCC[C@H](N)C(=O)NCC(C1CC1)C1CC1. The maximum Gasteiger partial charge on any atom is 0.236 e. The Labute approximate surface area is 108 Å². The molecule has 4 heteroatoms. The van der Waals surface area contributed by atoms with Crippen LogP contribution in [-0.2, 0) is 4.79 Å². The van der Waals surface area contributed by atoms with Gasteiger partial charge in [0.1, 0.15) is 0 Å². The summed E-state index contributed by atoms with van der Waals surface area (Å²) >= 11 is 1.74. The van der Waals surface area contributed by atoms with Gasteiger partial charge in [-0.15, -0.1) is 0 Å². The minimum atomic E-state index is -0.318. The largest absolute Gasteiger partial charge is 0.354 e. The average Bonchev–Trinajstić information content (AvgIpc) is 3.15. The zero-order valence-electron chi connectivity index (χ0n) is 10.7. The van der Waals surface area contributed by atoms with Crippen LogP contribution in [0, 0.1) is 17.8 Å². The number of hydrogen-bond acceptors (Lipinski definition) is 3. The molecule has 3 N–H and O–H groups in total. The lowest BCUT2D eigenvalue weighted by Crippen LogP contribution is -2.43. The van der Waals surface area contributed by atoms with Crippen molar-refractivity contribution in [2.24, 2.45) is 23.5 Å². The molecular weight excluding hydrogens is 232 g/mol. The van der Waals surface area contributed by atoms with Crippen LogP contribution in [0.5, 0.6) is 0 Å². The van der Waals surface area contributed by atoms with Crippen LogP contribution in [0.25, 0.3) is 0 Å². The first-order chi connectivity index (χ1) is 8.22. The molecule has 17 heavy (non-hydrogen) atoms. The van der Waals surface area contributed by atoms with Gasteiger partial charge in [-0.05, 0) is 61.9 Å². The van der Waals surface area contributed by atoms with Gasteiger partial charge in [-0.25, -0.2) is 0 Å². The van der Waals surface area contributed by atoms with Crippen LogP contribution in [0.4, 0.5) is 0 Å². The molecule has 0 heterocycles. The molecule has 1 atom stereocenters. The summed E-state index contributed by atoms with van der Waals surface area (Å²) in [6.07, 6.45) is 8.31. The number of carbonyl (C=O) groups is 1. The first-order valence-electron chi connectivity index (χ1n) is 6.74. The van der Waals surface area contributed by atoms with E-state index < -0.39 is 0 Å². The van der Waals surface area contributed by atoms with E-state index in [1.807, 2.05) is 6.26 Å². The highest BCUT2D eigenvalue weighted by atomic mass is 32.2. The quantitative estimate of drug-likeness (QED) is 0.694. The molecule has 1 amide bonds. The average molecular weight is 256 g/mol. The van der Waals surface area contributed by atoms with Gasteiger partial charge in [-0.2, -0.15) is 11.8 Å². The van der Waals surface area contributed by atoms with Gasteiger partial charge in [0.05, 0.1) is 6.04 Å². The molecule has 3 nitrogen and oxygen atoms in total. The Morgan fingerprint density at radius 3 is 2.41 bits per heavy atom. The van der Waals surface area contributed by atoms with Crippen molar-refractivity contribution in [1.82, 2.24) is 5.32 Å². The van der Waals surface area contributed by atoms with Crippen LogP contribution in [0.15, 0.2) is 0 Å². The van der Waals surface area contributed by atoms with Crippen molar-refractivity contribution >= 4 is 17.7 Å². The number of nitrogens with two attached hydrogens (primary N) is 1. The summed E-state index contributed by atoms with van der Waals surface area (Å²) in [5.74, 6) is 3.54. The van der Waals surface area contributed by atoms with Gasteiger partial charge in [0.25, 0.3) is 0 Å². The van der Waals surface area contributed by atoms with Crippen LogP contribution < -0.4 is 11.1 Å². The molecule has 0 aliphatic heterocycles. The monoisotopic (exact) mass is 256 g/mol. The molecule has 0 radical (unpaired) electrons. The van der Waals surface area contributed by atoms with Crippen molar-refractivity contribution in [1.29, 1.82) is 0 Å². The predicted molar refractivity (Wildman–Crippen MR) is 72.9 cm³/mol. The van der Waals surface area contributed by atoms with Crippen LogP contribution >= 0.6 is 11.8 Å². The standard InChI is InChI=1S/C13H24N2OS/c1-17-7-6-12(14)13(16)15-8-11(9-2-3-9)10-4-5-10/h9-12H,2-8,14H2,1H3,(H,15,16)/t12-/m0/s1. The first-order valence-corrected chi connectivity index (χ1v) is 8.14. The Morgan fingerprint density at radius 2 is 1.94 bits per heavy atom. The first kappa shape index (κ1) is 13.2. The number of rotatable bonds is 8. The van der Waals surface area contributed by atoms with Crippen molar-refractivity contribution < 1.29 is 4.79 Å². The van der Waals surface area contributed by atoms with E-state index in [0.717, 1.165) is 36.5 Å². The minimum absolute atomic E-state index is 0.0466. The summed E-state index contributed by atoms with van der Waals surface area (Å²) in [7, 11) is 0. The summed E-state index contributed by atoms with van der Waals surface area (Å²) in [4.78, 5) is 11.8. The molecule has 2 rings (SSSR count). The van der Waals surface area contributed by atoms with Crippen molar-refractivity contribution in [3.05, 3.63) is 0 Å². The van der Waals surface area contributed by atoms with Crippen LogP contribution in [0.1, 0.15) is 32.1 Å². The van der Waals surface area contributed by atoms with Crippen molar-refractivity contribution in [2.75, 3.05) is 18.6 Å². The van der Waals surface area contributed by atoms with Gasteiger partial charge in [0, 0.05) is 6.54 Å². The molecule has 2 aliphatic carbocycles. The van der Waals surface area contributed by atoms with Gasteiger partial charge in [-0.3, -0.25) is 4.79 Å². The third kappa shape index (κ3) is 4.18. The maximum atomic E-state index is 11.8. The Morgan fingerprint density at radius 1 is 1.35 bits per heavy atom. The van der Waals surface area contributed by atoms with Crippen LogP contribution in [0.3, 0.4) is 0 Å². The van der Waals surface area contributed by atoms with Gasteiger partial charge in [0.2, 0.25) is 5.91 Å². The number of hydrogen-bond donors (Lipinski definition) is 2. The van der Waals surface area contributed by atoms with E-state index in [0.29, 0.717) is 0 Å². The molecule has 0 saturated heterocycles. The lowest BCUT2D eigenvalue weighted by Gasteiger charge is -2.18. The second-order valence-electron chi connectivity index (χ2n) is 5.47. The highest BCUT2D eigenvalue weighted by Crippen LogP contribution is 2.48. The maximum absolute atomic E-state index is 11.8. The van der Waals surface area contributed by atoms with Crippen LogP contribution in [-0.4, -0.2) is 30.5 Å². The van der Waals surface area contributed by atoms with E-state index in [1.165, 1.54) is 25.7 Å². The Hall–Kier alpha value is -0.220. The van der Waals surface area contributed by atoms with Crippen molar-refractivity contribution in [3.63, 3.8) is 0 Å². The smallest absolute Gasteiger partial charge is 0.236 e. The van der Waals surface area contributed by atoms with E-state index in [2.05, 4.69) is 5.32 Å². The zero-order chi connectivity index (χ0) is 12.3. The Bertz CT molecular complexity index is 252. The number of amides is 1. The van der Waals surface area contributed by atoms with Gasteiger partial charge in [-0.1, -0.05) is 0 Å². The molecule has 0 unspecified atom stereocenters. The fourth-order valence-corrected chi connectivity index (χ4v) is 2.98. The highest BCUT2D eigenvalue weighted by molar-refractivity contribution is 7.98. The summed E-state index contributed by atoms with van der Waals surface area (Å²) in [6, 6.07) is -0.318. The van der Waals surface area contributed by atoms with Gasteiger partial charge in [0.15, 0.2) is 0 Å². The third-order valence-electron chi connectivity index (χ3n) is 3.94. The molecule has 2 aliphatic rings.